The van der Waals surface area contributed by atoms with E-state index in [1.165, 1.54) is 0 Å². The van der Waals surface area contributed by atoms with Crippen LogP contribution in [0.5, 0.6) is 0 Å². The molecule has 2 fully saturated rings. The van der Waals surface area contributed by atoms with Gasteiger partial charge >= 0.3 is 5.97 Å². The standard InChI is InChI=1S/C16H19N3O4S/c1-11-10-13(16(20)23-11)18-6-8-19(9-7-18)15-12-4-2-3-5-14(12)24(21,22)17-15/h2-5,11,13H,6-10H2,1H3/t11-,13-/m1/s1. The summed E-state index contributed by atoms with van der Waals surface area (Å²) in [7, 11) is -3.59. The van der Waals surface area contributed by atoms with Crippen molar-refractivity contribution >= 4 is 21.8 Å². The summed E-state index contributed by atoms with van der Waals surface area (Å²) in [5.41, 5.74) is 0.667. The Hall–Kier alpha value is -1.93. The SMILES string of the molecule is C[C@@H]1C[C@@H](N2CCN(C3=NS(=O)(=O)c4ccccc43)CC2)C(=O)O1. The van der Waals surface area contributed by atoms with Gasteiger partial charge in [0.15, 0.2) is 5.84 Å². The van der Waals surface area contributed by atoms with Gasteiger partial charge in [0.1, 0.15) is 17.0 Å². The third-order valence-electron chi connectivity index (χ3n) is 4.81. The molecule has 4 rings (SSSR count). The number of piperazine rings is 1. The topological polar surface area (TPSA) is 79.3 Å². The largest absolute Gasteiger partial charge is 0.461 e. The van der Waals surface area contributed by atoms with Crippen LogP contribution in [0.1, 0.15) is 18.9 Å². The van der Waals surface area contributed by atoms with Crippen LogP contribution in [-0.2, 0) is 19.6 Å². The Morgan fingerprint density at radius 2 is 1.88 bits per heavy atom. The summed E-state index contributed by atoms with van der Waals surface area (Å²) < 4.78 is 33.5. The maximum absolute atomic E-state index is 12.2. The molecule has 0 amide bonds. The number of nitrogens with zero attached hydrogens (tertiary/aromatic N) is 3. The molecule has 128 valence electrons. The molecule has 0 spiro atoms. The number of sulfonamides is 1. The van der Waals surface area contributed by atoms with Crippen LogP contribution in [0, 0.1) is 0 Å². The third kappa shape index (κ3) is 2.50. The molecule has 0 aliphatic carbocycles. The molecule has 2 saturated heterocycles. The van der Waals surface area contributed by atoms with Crippen molar-refractivity contribution in [3.8, 4) is 0 Å². The van der Waals surface area contributed by atoms with E-state index in [-0.39, 0.29) is 23.0 Å². The molecule has 0 saturated carbocycles. The highest BCUT2D eigenvalue weighted by Crippen LogP contribution is 2.28. The van der Waals surface area contributed by atoms with Crippen molar-refractivity contribution in [1.82, 2.24) is 9.80 Å². The molecule has 8 heteroatoms. The van der Waals surface area contributed by atoms with Crippen molar-refractivity contribution in [2.45, 2.75) is 30.4 Å². The van der Waals surface area contributed by atoms with Gasteiger partial charge in [0.05, 0.1) is 0 Å². The summed E-state index contributed by atoms with van der Waals surface area (Å²) in [4.78, 5) is 16.3. The second-order valence-corrected chi connectivity index (χ2v) is 7.98. The van der Waals surface area contributed by atoms with Crippen LogP contribution in [0.3, 0.4) is 0 Å². The first-order valence-electron chi connectivity index (χ1n) is 8.09. The molecule has 7 nitrogen and oxygen atoms in total. The maximum atomic E-state index is 12.2. The van der Waals surface area contributed by atoms with E-state index in [4.69, 9.17) is 4.74 Å². The second kappa shape index (κ2) is 5.56. The third-order valence-corrected chi connectivity index (χ3v) is 6.14. The van der Waals surface area contributed by atoms with Gasteiger partial charge in [0.2, 0.25) is 0 Å². The molecule has 3 aliphatic heterocycles. The lowest BCUT2D eigenvalue weighted by Crippen LogP contribution is -2.53. The highest BCUT2D eigenvalue weighted by Gasteiger charge is 2.39. The van der Waals surface area contributed by atoms with Crippen molar-refractivity contribution in [2.24, 2.45) is 4.40 Å². The molecule has 0 aromatic heterocycles. The van der Waals surface area contributed by atoms with E-state index in [0.717, 1.165) is 6.42 Å². The first kappa shape index (κ1) is 15.6. The smallest absolute Gasteiger partial charge is 0.323 e. The molecule has 0 bridgehead atoms. The van der Waals surface area contributed by atoms with E-state index in [9.17, 15) is 13.2 Å². The zero-order chi connectivity index (χ0) is 16.9. The van der Waals surface area contributed by atoms with Crippen molar-refractivity contribution in [3.63, 3.8) is 0 Å². The second-order valence-electron chi connectivity index (χ2n) is 6.41. The highest BCUT2D eigenvalue weighted by atomic mass is 32.2. The summed E-state index contributed by atoms with van der Waals surface area (Å²) in [5, 5.41) is 0. The molecule has 0 N–H and O–H groups in total. The predicted octanol–water partition coefficient (Wildman–Crippen LogP) is 0.457. The normalized spacial score (nSPS) is 29.3. The number of esters is 1. The average Bonchev–Trinajstić information content (AvgIpc) is 3.04. The van der Waals surface area contributed by atoms with Crippen molar-refractivity contribution in [3.05, 3.63) is 29.8 Å². The molecule has 1 aromatic carbocycles. The van der Waals surface area contributed by atoms with Gasteiger partial charge in [0, 0.05) is 38.2 Å². The molecule has 0 unspecified atom stereocenters. The van der Waals surface area contributed by atoms with Crippen LogP contribution in [0.15, 0.2) is 33.6 Å². The number of fused-ring (bicyclic) bond motifs is 1. The number of carbonyl (C=O) groups excluding carboxylic acids is 1. The summed E-state index contributed by atoms with van der Waals surface area (Å²) in [6, 6.07) is 6.74. The zero-order valence-corrected chi connectivity index (χ0v) is 14.2. The zero-order valence-electron chi connectivity index (χ0n) is 13.4. The first-order valence-corrected chi connectivity index (χ1v) is 9.53. The quantitative estimate of drug-likeness (QED) is 0.685. The lowest BCUT2D eigenvalue weighted by Gasteiger charge is -2.37. The summed E-state index contributed by atoms with van der Waals surface area (Å²) in [5.74, 6) is 0.370. The van der Waals surface area contributed by atoms with Crippen LogP contribution in [0.2, 0.25) is 0 Å². The number of rotatable bonds is 1. The van der Waals surface area contributed by atoms with Gasteiger partial charge < -0.3 is 9.64 Å². The van der Waals surface area contributed by atoms with E-state index >= 15 is 0 Å². The van der Waals surface area contributed by atoms with Crippen LogP contribution in [0.4, 0.5) is 0 Å². The molecule has 0 radical (unpaired) electrons. The van der Waals surface area contributed by atoms with E-state index in [1.54, 1.807) is 18.2 Å². The van der Waals surface area contributed by atoms with Crippen LogP contribution in [0.25, 0.3) is 0 Å². The fourth-order valence-corrected chi connectivity index (χ4v) is 4.82. The molecule has 3 aliphatic rings. The van der Waals surface area contributed by atoms with E-state index in [2.05, 4.69) is 9.30 Å². The van der Waals surface area contributed by atoms with Gasteiger partial charge in [0.25, 0.3) is 10.0 Å². The first-order chi connectivity index (χ1) is 11.5. The molecule has 2 atom stereocenters. The minimum Gasteiger partial charge on any atom is -0.461 e. The average molecular weight is 349 g/mol. The number of benzene rings is 1. The summed E-state index contributed by atoms with van der Waals surface area (Å²) in [6.45, 7) is 4.56. The number of ether oxygens (including phenoxy) is 1. The van der Waals surface area contributed by atoms with Gasteiger partial charge in [-0.25, -0.2) is 0 Å². The monoisotopic (exact) mass is 349 g/mol. The Morgan fingerprint density at radius 1 is 1.17 bits per heavy atom. The number of carbonyl (C=O) groups is 1. The van der Waals surface area contributed by atoms with Gasteiger partial charge in [-0.2, -0.15) is 8.42 Å². The van der Waals surface area contributed by atoms with E-state index in [0.29, 0.717) is 37.6 Å². The van der Waals surface area contributed by atoms with Crippen LogP contribution < -0.4 is 0 Å². The Bertz CT molecular complexity index is 812. The Kier molecular flexibility index (Phi) is 3.61. The lowest BCUT2D eigenvalue weighted by molar-refractivity contribution is -0.145. The van der Waals surface area contributed by atoms with Gasteiger partial charge in [-0.1, -0.05) is 12.1 Å². The van der Waals surface area contributed by atoms with Gasteiger partial charge in [-0.15, -0.1) is 4.40 Å². The molecule has 24 heavy (non-hydrogen) atoms. The fraction of sp³-hybridized carbons (Fsp3) is 0.500. The van der Waals surface area contributed by atoms with Gasteiger partial charge in [-0.3, -0.25) is 9.69 Å². The van der Waals surface area contributed by atoms with E-state index < -0.39 is 10.0 Å². The lowest BCUT2D eigenvalue weighted by atomic mass is 10.1. The van der Waals surface area contributed by atoms with Crippen molar-refractivity contribution in [2.75, 3.05) is 26.2 Å². The van der Waals surface area contributed by atoms with Crippen LogP contribution in [-0.4, -0.2) is 68.3 Å². The number of hydrogen-bond acceptors (Lipinski definition) is 6. The summed E-state index contributed by atoms with van der Waals surface area (Å²) in [6.07, 6.45) is 0.688. The fourth-order valence-electron chi connectivity index (χ4n) is 3.60. The molecule has 3 heterocycles. The Balaban J connectivity index is 1.50. The number of amidine groups is 1. The molecular formula is C16H19N3O4S. The highest BCUT2D eigenvalue weighted by molar-refractivity contribution is 7.90. The molecule has 1 aromatic rings. The van der Waals surface area contributed by atoms with Crippen molar-refractivity contribution < 1.29 is 17.9 Å². The minimum absolute atomic E-state index is 0.0308. The van der Waals surface area contributed by atoms with Crippen molar-refractivity contribution in [1.29, 1.82) is 0 Å². The predicted molar refractivity (Wildman–Crippen MR) is 87.3 cm³/mol. The van der Waals surface area contributed by atoms with Crippen LogP contribution >= 0.6 is 0 Å². The van der Waals surface area contributed by atoms with Gasteiger partial charge in [-0.05, 0) is 19.1 Å². The Labute approximate surface area is 141 Å². The van der Waals surface area contributed by atoms with E-state index in [1.807, 2.05) is 17.9 Å². The number of cyclic esters (lactones) is 1. The maximum Gasteiger partial charge on any atom is 0.323 e. The minimum atomic E-state index is -3.59. The molecular weight excluding hydrogens is 330 g/mol. The number of hydrogen-bond donors (Lipinski definition) is 0. The summed E-state index contributed by atoms with van der Waals surface area (Å²) >= 11 is 0. The Morgan fingerprint density at radius 3 is 2.54 bits per heavy atom.